The fourth-order valence-corrected chi connectivity index (χ4v) is 2.76. The van der Waals surface area contributed by atoms with E-state index in [1.807, 2.05) is 18.2 Å². The van der Waals surface area contributed by atoms with E-state index >= 15 is 0 Å². The monoisotopic (exact) mass is 351 g/mol. The molecule has 0 aromatic heterocycles. The molecule has 1 unspecified atom stereocenters. The van der Waals surface area contributed by atoms with Gasteiger partial charge >= 0.3 is 0 Å². The lowest BCUT2D eigenvalue weighted by Crippen LogP contribution is -2.24. The zero-order valence-electron chi connectivity index (χ0n) is 11.6. The molecular formula is C17H19BrClN. The fourth-order valence-electron chi connectivity index (χ4n) is 2.22. The van der Waals surface area contributed by atoms with Gasteiger partial charge in [-0.2, -0.15) is 0 Å². The van der Waals surface area contributed by atoms with Crippen LogP contribution in [0, 0.1) is 0 Å². The van der Waals surface area contributed by atoms with Gasteiger partial charge in [-0.15, -0.1) is 0 Å². The summed E-state index contributed by atoms with van der Waals surface area (Å²) in [5.74, 6) is 0. The van der Waals surface area contributed by atoms with E-state index in [0.717, 1.165) is 28.9 Å². The second kappa shape index (κ2) is 7.82. The Morgan fingerprint density at radius 1 is 1.10 bits per heavy atom. The van der Waals surface area contributed by atoms with Crippen LogP contribution in [0.15, 0.2) is 53.0 Å². The normalized spacial score (nSPS) is 12.3. The first kappa shape index (κ1) is 15.6. The molecule has 3 heteroatoms. The molecule has 1 N–H and O–H groups in total. The van der Waals surface area contributed by atoms with Crippen molar-refractivity contribution in [2.24, 2.45) is 0 Å². The van der Waals surface area contributed by atoms with E-state index in [1.165, 1.54) is 11.1 Å². The van der Waals surface area contributed by atoms with Gasteiger partial charge in [-0.1, -0.05) is 64.8 Å². The molecular weight excluding hydrogens is 334 g/mol. The highest BCUT2D eigenvalue weighted by Gasteiger charge is 2.14. The Bertz CT molecular complexity index is 539. The first-order valence-corrected chi connectivity index (χ1v) is 8.10. The number of hydrogen-bond acceptors (Lipinski definition) is 1. The maximum Gasteiger partial charge on any atom is 0.0453 e. The Hall–Kier alpha value is -0.830. The van der Waals surface area contributed by atoms with Crippen LogP contribution in [0.3, 0.4) is 0 Å². The van der Waals surface area contributed by atoms with E-state index in [1.54, 1.807) is 0 Å². The van der Waals surface area contributed by atoms with Gasteiger partial charge in [0.25, 0.3) is 0 Å². The number of nitrogens with one attached hydrogen (secondary N) is 1. The van der Waals surface area contributed by atoms with Crippen molar-refractivity contribution >= 4 is 27.5 Å². The van der Waals surface area contributed by atoms with Crippen LogP contribution in [0.5, 0.6) is 0 Å². The number of hydrogen-bond donors (Lipinski definition) is 1. The Balaban J connectivity index is 2.19. The molecule has 0 saturated heterocycles. The second-order valence-corrected chi connectivity index (χ2v) is 6.18. The molecule has 0 aliphatic rings. The molecule has 0 saturated carbocycles. The van der Waals surface area contributed by atoms with Gasteiger partial charge in [-0.25, -0.2) is 0 Å². The van der Waals surface area contributed by atoms with Gasteiger partial charge in [0.05, 0.1) is 0 Å². The smallest absolute Gasteiger partial charge is 0.0453 e. The average Bonchev–Trinajstić information content (AvgIpc) is 2.46. The van der Waals surface area contributed by atoms with Gasteiger partial charge in [0.15, 0.2) is 0 Å². The highest BCUT2D eigenvalue weighted by Crippen LogP contribution is 2.26. The van der Waals surface area contributed by atoms with Crippen LogP contribution in [0.4, 0.5) is 0 Å². The van der Waals surface area contributed by atoms with E-state index in [2.05, 4.69) is 58.5 Å². The van der Waals surface area contributed by atoms with Gasteiger partial charge in [0.1, 0.15) is 0 Å². The van der Waals surface area contributed by atoms with Crippen molar-refractivity contribution in [3.8, 4) is 0 Å². The largest absolute Gasteiger partial charge is 0.310 e. The van der Waals surface area contributed by atoms with Crippen LogP contribution in [-0.4, -0.2) is 6.54 Å². The zero-order valence-corrected chi connectivity index (χ0v) is 13.9. The van der Waals surface area contributed by atoms with Gasteiger partial charge < -0.3 is 5.32 Å². The van der Waals surface area contributed by atoms with Gasteiger partial charge in [0, 0.05) is 15.5 Å². The van der Waals surface area contributed by atoms with Crippen LogP contribution in [-0.2, 0) is 6.42 Å². The number of benzene rings is 2. The Morgan fingerprint density at radius 3 is 2.45 bits per heavy atom. The zero-order chi connectivity index (χ0) is 14.4. The summed E-state index contributed by atoms with van der Waals surface area (Å²) >= 11 is 9.82. The van der Waals surface area contributed by atoms with Crippen LogP contribution in [0.1, 0.15) is 30.5 Å². The Kier molecular flexibility index (Phi) is 6.08. The molecule has 2 rings (SSSR count). The van der Waals surface area contributed by atoms with Gasteiger partial charge in [-0.05, 0) is 48.7 Å². The SMILES string of the molecule is CCCNC(Cc1ccc(Br)cc1)c1ccccc1Cl. The fraction of sp³-hybridized carbons (Fsp3) is 0.294. The lowest BCUT2D eigenvalue weighted by atomic mass is 9.98. The van der Waals surface area contributed by atoms with Crippen molar-refractivity contribution in [3.63, 3.8) is 0 Å². The Morgan fingerprint density at radius 2 is 1.80 bits per heavy atom. The molecule has 0 heterocycles. The molecule has 1 nitrogen and oxygen atoms in total. The molecule has 0 bridgehead atoms. The average molecular weight is 353 g/mol. The maximum absolute atomic E-state index is 6.34. The first-order chi connectivity index (χ1) is 9.70. The van der Waals surface area contributed by atoms with Crippen LogP contribution in [0.25, 0.3) is 0 Å². The molecule has 0 amide bonds. The molecule has 0 aliphatic carbocycles. The minimum atomic E-state index is 0.254. The molecule has 20 heavy (non-hydrogen) atoms. The van der Waals surface area contributed by atoms with E-state index in [-0.39, 0.29) is 6.04 Å². The minimum Gasteiger partial charge on any atom is -0.310 e. The standard InChI is InChI=1S/C17H19BrClN/c1-2-11-20-17(15-5-3-4-6-16(15)19)12-13-7-9-14(18)10-8-13/h3-10,17,20H,2,11-12H2,1H3. The van der Waals surface area contributed by atoms with E-state index in [9.17, 15) is 0 Å². The van der Waals surface area contributed by atoms with E-state index in [4.69, 9.17) is 11.6 Å². The molecule has 0 aliphatic heterocycles. The van der Waals surface area contributed by atoms with Crippen molar-refractivity contribution in [2.75, 3.05) is 6.54 Å². The summed E-state index contributed by atoms with van der Waals surface area (Å²) in [4.78, 5) is 0. The van der Waals surface area contributed by atoms with E-state index in [0.29, 0.717) is 0 Å². The topological polar surface area (TPSA) is 12.0 Å². The number of rotatable bonds is 6. The lowest BCUT2D eigenvalue weighted by Gasteiger charge is -2.20. The van der Waals surface area contributed by atoms with Crippen molar-refractivity contribution in [1.29, 1.82) is 0 Å². The third-order valence-corrected chi connectivity index (χ3v) is 4.15. The van der Waals surface area contributed by atoms with Crippen molar-refractivity contribution < 1.29 is 0 Å². The van der Waals surface area contributed by atoms with Gasteiger partial charge in [-0.3, -0.25) is 0 Å². The molecule has 2 aromatic rings. The van der Waals surface area contributed by atoms with Crippen molar-refractivity contribution in [3.05, 3.63) is 69.2 Å². The molecule has 0 spiro atoms. The van der Waals surface area contributed by atoms with Crippen molar-refractivity contribution in [1.82, 2.24) is 5.32 Å². The summed E-state index contributed by atoms with van der Waals surface area (Å²) in [5.41, 5.74) is 2.48. The van der Waals surface area contributed by atoms with Gasteiger partial charge in [0.2, 0.25) is 0 Å². The third-order valence-electron chi connectivity index (χ3n) is 3.27. The van der Waals surface area contributed by atoms with Crippen LogP contribution >= 0.6 is 27.5 Å². The summed E-state index contributed by atoms with van der Waals surface area (Å²) in [6.07, 6.45) is 2.05. The molecule has 106 valence electrons. The summed E-state index contributed by atoms with van der Waals surface area (Å²) in [5, 5.41) is 4.43. The predicted octanol–water partition coefficient (Wildman–Crippen LogP) is 5.39. The molecule has 2 aromatic carbocycles. The maximum atomic E-state index is 6.34. The predicted molar refractivity (Wildman–Crippen MR) is 90.3 cm³/mol. The lowest BCUT2D eigenvalue weighted by molar-refractivity contribution is 0.529. The highest BCUT2D eigenvalue weighted by atomic mass is 79.9. The summed E-state index contributed by atoms with van der Waals surface area (Å²) in [7, 11) is 0. The van der Waals surface area contributed by atoms with Crippen LogP contribution in [0.2, 0.25) is 5.02 Å². The Labute approximate surface area is 134 Å². The summed E-state index contributed by atoms with van der Waals surface area (Å²) in [6.45, 7) is 3.17. The van der Waals surface area contributed by atoms with E-state index < -0.39 is 0 Å². The first-order valence-electron chi connectivity index (χ1n) is 6.93. The summed E-state index contributed by atoms with van der Waals surface area (Å²) in [6, 6.07) is 16.8. The molecule has 1 atom stereocenters. The second-order valence-electron chi connectivity index (χ2n) is 4.86. The van der Waals surface area contributed by atoms with Crippen molar-refractivity contribution in [2.45, 2.75) is 25.8 Å². The summed E-state index contributed by atoms with van der Waals surface area (Å²) < 4.78 is 1.11. The minimum absolute atomic E-state index is 0.254. The molecule has 0 radical (unpaired) electrons. The quantitative estimate of drug-likeness (QED) is 0.735. The highest BCUT2D eigenvalue weighted by molar-refractivity contribution is 9.10. The van der Waals surface area contributed by atoms with Crippen LogP contribution < -0.4 is 5.32 Å². The molecule has 0 fully saturated rings. The number of halogens is 2. The third kappa shape index (κ3) is 4.34.